The van der Waals surface area contributed by atoms with E-state index >= 15 is 0 Å². The minimum absolute atomic E-state index is 0.158. The maximum atomic E-state index is 12.6. The first-order valence-corrected chi connectivity index (χ1v) is 8.25. The van der Waals surface area contributed by atoms with Gasteiger partial charge in [-0.1, -0.05) is 24.4 Å². The van der Waals surface area contributed by atoms with Gasteiger partial charge in [-0.2, -0.15) is 0 Å². The van der Waals surface area contributed by atoms with Gasteiger partial charge in [-0.05, 0) is 25.7 Å². The van der Waals surface area contributed by atoms with Crippen LogP contribution in [0.15, 0.2) is 15.0 Å². The molecule has 1 saturated carbocycles. The summed E-state index contributed by atoms with van der Waals surface area (Å²) in [5.74, 6) is 0.158. The van der Waals surface area contributed by atoms with Gasteiger partial charge in [0.2, 0.25) is 0 Å². The third kappa shape index (κ3) is 2.82. The van der Waals surface area contributed by atoms with E-state index < -0.39 is 5.69 Å². The molecule has 21 heavy (non-hydrogen) atoms. The van der Waals surface area contributed by atoms with Crippen molar-refractivity contribution in [2.24, 2.45) is 0 Å². The van der Waals surface area contributed by atoms with Crippen LogP contribution in [0.1, 0.15) is 47.9 Å². The molecule has 7 heteroatoms. The maximum absolute atomic E-state index is 12.6. The van der Waals surface area contributed by atoms with Gasteiger partial charge in [0.05, 0.1) is 22.8 Å². The number of nitrogens with one attached hydrogen (secondary N) is 1. The summed E-state index contributed by atoms with van der Waals surface area (Å²) in [5, 5.41) is 2.98. The molecule has 1 aliphatic carbocycles. The largest absolute Gasteiger partial charge is 0.329 e. The lowest BCUT2D eigenvalue weighted by molar-refractivity contribution is 0.635. The second-order valence-corrected chi connectivity index (χ2v) is 6.83. The molecule has 0 bridgehead atoms. The van der Waals surface area contributed by atoms with Gasteiger partial charge in [0.15, 0.2) is 0 Å². The summed E-state index contributed by atoms with van der Waals surface area (Å²) in [6, 6.07) is 0. The van der Waals surface area contributed by atoms with Crippen LogP contribution < -0.4 is 11.2 Å². The Morgan fingerprint density at radius 3 is 2.76 bits per heavy atom. The minimum atomic E-state index is -0.475. The number of hydrogen-bond acceptors (Lipinski definition) is 4. The molecule has 2 heterocycles. The topological polar surface area (TPSA) is 67.8 Å². The molecule has 0 spiro atoms. The van der Waals surface area contributed by atoms with Crippen LogP contribution in [0.4, 0.5) is 0 Å². The Morgan fingerprint density at radius 2 is 2.14 bits per heavy atom. The highest BCUT2D eigenvalue weighted by Gasteiger charge is 2.25. The zero-order valence-electron chi connectivity index (χ0n) is 11.7. The molecule has 1 N–H and O–H groups in total. The number of nitrogens with zero attached hydrogens (tertiary/aromatic N) is 2. The second kappa shape index (κ2) is 5.77. The van der Waals surface area contributed by atoms with E-state index in [0.717, 1.165) is 36.4 Å². The first-order chi connectivity index (χ1) is 10.1. The van der Waals surface area contributed by atoms with Crippen LogP contribution in [0, 0.1) is 6.92 Å². The Morgan fingerprint density at radius 1 is 1.43 bits per heavy atom. The fourth-order valence-corrected chi connectivity index (χ4v) is 3.83. The lowest BCUT2D eigenvalue weighted by atomic mass is 10.0. The van der Waals surface area contributed by atoms with Crippen LogP contribution in [0.2, 0.25) is 5.15 Å². The van der Waals surface area contributed by atoms with Gasteiger partial charge in [0, 0.05) is 5.38 Å². The highest BCUT2D eigenvalue weighted by Crippen LogP contribution is 2.34. The van der Waals surface area contributed by atoms with Crippen molar-refractivity contribution in [3.63, 3.8) is 0 Å². The van der Waals surface area contributed by atoms with E-state index in [2.05, 4.69) is 9.97 Å². The van der Waals surface area contributed by atoms with Gasteiger partial charge >= 0.3 is 5.69 Å². The average Bonchev–Trinajstić information content (AvgIpc) is 3.06. The zero-order chi connectivity index (χ0) is 15.0. The summed E-state index contributed by atoms with van der Waals surface area (Å²) < 4.78 is 1.20. The minimum Gasteiger partial charge on any atom is -0.297 e. The highest BCUT2D eigenvalue weighted by molar-refractivity contribution is 7.09. The molecule has 0 atom stereocenters. The molecule has 0 saturated heterocycles. The van der Waals surface area contributed by atoms with Crippen LogP contribution in [0.3, 0.4) is 0 Å². The van der Waals surface area contributed by atoms with Crippen molar-refractivity contribution in [2.75, 3.05) is 0 Å². The molecule has 2 aromatic rings. The second-order valence-electron chi connectivity index (χ2n) is 5.39. The number of H-pyrrole nitrogens is 1. The Balaban J connectivity index is 2.05. The number of aromatic nitrogens is 3. The van der Waals surface area contributed by atoms with Gasteiger partial charge in [-0.15, -0.1) is 11.3 Å². The molecule has 5 nitrogen and oxygen atoms in total. The molecule has 2 aromatic heterocycles. The molecular weight excluding hydrogens is 310 g/mol. The van der Waals surface area contributed by atoms with Crippen molar-refractivity contribution in [1.82, 2.24) is 14.5 Å². The van der Waals surface area contributed by atoms with E-state index in [9.17, 15) is 9.59 Å². The van der Waals surface area contributed by atoms with Gasteiger partial charge in [-0.3, -0.25) is 14.3 Å². The summed E-state index contributed by atoms with van der Waals surface area (Å²) in [4.78, 5) is 31.6. The molecule has 0 unspecified atom stereocenters. The molecule has 3 rings (SSSR count). The van der Waals surface area contributed by atoms with Gasteiger partial charge in [0.1, 0.15) is 5.15 Å². The van der Waals surface area contributed by atoms with Crippen molar-refractivity contribution in [2.45, 2.75) is 45.1 Å². The molecule has 0 radical (unpaired) electrons. The summed E-state index contributed by atoms with van der Waals surface area (Å²) >= 11 is 7.61. The van der Waals surface area contributed by atoms with Crippen molar-refractivity contribution in [3.8, 4) is 0 Å². The smallest absolute Gasteiger partial charge is 0.297 e. The number of aromatic amines is 1. The Hall–Kier alpha value is -1.40. The quantitative estimate of drug-likeness (QED) is 0.882. The third-order valence-corrected chi connectivity index (χ3v) is 5.04. The number of aryl methyl sites for hydroxylation is 1. The van der Waals surface area contributed by atoms with E-state index in [1.165, 1.54) is 15.9 Å². The first-order valence-electron chi connectivity index (χ1n) is 7.00. The lowest BCUT2D eigenvalue weighted by Crippen LogP contribution is -2.38. The molecule has 0 aliphatic heterocycles. The molecule has 0 aromatic carbocycles. The predicted octanol–water partition coefficient (Wildman–Crippen LogP) is 2.66. The Bertz CT molecular complexity index is 771. The molecule has 0 amide bonds. The normalized spacial score (nSPS) is 15.7. The Kier molecular flexibility index (Phi) is 3.99. The predicted molar refractivity (Wildman–Crippen MR) is 83.5 cm³/mol. The fourth-order valence-electron chi connectivity index (χ4n) is 2.91. The maximum Gasteiger partial charge on any atom is 0.329 e. The van der Waals surface area contributed by atoms with Crippen molar-refractivity contribution >= 4 is 22.9 Å². The van der Waals surface area contributed by atoms with Crippen LogP contribution in [0.25, 0.3) is 0 Å². The molecule has 112 valence electrons. The third-order valence-electron chi connectivity index (χ3n) is 3.92. The number of thiazole rings is 1. The van der Waals surface area contributed by atoms with Gasteiger partial charge in [-0.25, -0.2) is 9.78 Å². The van der Waals surface area contributed by atoms with E-state index in [-0.39, 0.29) is 23.2 Å². The van der Waals surface area contributed by atoms with Crippen molar-refractivity contribution < 1.29 is 0 Å². The van der Waals surface area contributed by atoms with Crippen LogP contribution in [-0.2, 0) is 6.54 Å². The SMILES string of the molecule is Cc1nc(Cn2c(=O)[nH]c(Cl)c(C3CCCC3)c2=O)cs1. The summed E-state index contributed by atoms with van der Waals surface area (Å²) in [5.41, 5.74) is 0.532. The van der Waals surface area contributed by atoms with Gasteiger partial charge < -0.3 is 0 Å². The van der Waals surface area contributed by atoms with Crippen molar-refractivity contribution in [3.05, 3.63) is 47.6 Å². The van der Waals surface area contributed by atoms with E-state index in [1.54, 1.807) is 0 Å². The number of hydrogen-bond donors (Lipinski definition) is 1. The van der Waals surface area contributed by atoms with Crippen LogP contribution in [-0.4, -0.2) is 14.5 Å². The molecular formula is C14H16ClN3O2S. The first kappa shape index (κ1) is 14.5. The monoisotopic (exact) mass is 325 g/mol. The summed E-state index contributed by atoms with van der Waals surface area (Å²) in [6.07, 6.45) is 4.11. The Labute approximate surface area is 130 Å². The van der Waals surface area contributed by atoms with E-state index in [1.807, 2.05) is 12.3 Å². The summed E-state index contributed by atoms with van der Waals surface area (Å²) in [6.45, 7) is 2.09. The van der Waals surface area contributed by atoms with Crippen LogP contribution in [0.5, 0.6) is 0 Å². The molecule has 1 aliphatic rings. The van der Waals surface area contributed by atoms with E-state index in [0.29, 0.717) is 5.56 Å². The number of halogens is 1. The standard InChI is InChI=1S/C14H16ClN3O2S/c1-8-16-10(7-21-8)6-18-13(19)11(9-4-2-3-5-9)12(15)17-14(18)20/h7,9H,2-6H2,1H3,(H,17,20). The lowest BCUT2D eigenvalue weighted by Gasteiger charge is -2.12. The highest BCUT2D eigenvalue weighted by atomic mass is 35.5. The number of rotatable bonds is 3. The molecule has 1 fully saturated rings. The van der Waals surface area contributed by atoms with E-state index in [4.69, 9.17) is 11.6 Å². The summed E-state index contributed by atoms with van der Waals surface area (Å²) in [7, 11) is 0. The zero-order valence-corrected chi connectivity index (χ0v) is 13.3. The average molecular weight is 326 g/mol. The van der Waals surface area contributed by atoms with Gasteiger partial charge in [0.25, 0.3) is 5.56 Å². The van der Waals surface area contributed by atoms with Crippen molar-refractivity contribution in [1.29, 1.82) is 0 Å². The fraction of sp³-hybridized carbons (Fsp3) is 0.500. The van der Waals surface area contributed by atoms with Crippen LogP contribution >= 0.6 is 22.9 Å².